The molecule has 0 aliphatic heterocycles. The van der Waals surface area contributed by atoms with E-state index in [-0.39, 0.29) is 5.54 Å². The number of nitrogens with two attached hydrogens (primary N) is 1. The normalized spacial score (nSPS) is 16.6. The van der Waals surface area contributed by atoms with Gasteiger partial charge in [0.25, 0.3) is 0 Å². The fraction of sp³-hybridized carbons (Fsp3) is 1.00. The number of nitrogens with zero attached hydrogens (tertiary/aromatic N) is 1. The number of hydrogen-bond acceptors (Lipinski definition) is 3. The molecular formula is C10H25N3. The lowest BCUT2D eigenvalue weighted by Crippen LogP contribution is -2.54. The van der Waals surface area contributed by atoms with Crippen LogP contribution in [0.1, 0.15) is 20.8 Å². The fourth-order valence-corrected chi connectivity index (χ4v) is 1.08. The Morgan fingerprint density at radius 1 is 1.38 bits per heavy atom. The molecule has 1 unspecified atom stereocenters. The SMILES string of the molecule is CC(C)C(C)(CN)NCCN(C)C. The highest BCUT2D eigenvalue weighted by Gasteiger charge is 2.25. The largest absolute Gasteiger partial charge is 0.329 e. The number of likely N-dealkylation sites (N-methyl/N-ethyl adjacent to an activating group) is 1. The van der Waals surface area contributed by atoms with E-state index in [4.69, 9.17) is 5.73 Å². The summed E-state index contributed by atoms with van der Waals surface area (Å²) < 4.78 is 0. The first-order chi connectivity index (χ1) is 5.92. The Balaban J connectivity index is 3.84. The van der Waals surface area contributed by atoms with Crippen molar-refractivity contribution in [1.82, 2.24) is 10.2 Å². The van der Waals surface area contributed by atoms with Gasteiger partial charge in [0.1, 0.15) is 0 Å². The van der Waals surface area contributed by atoms with Crippen LogP contribution in [0, 0.1) is 5.92 Å². The Morgan fingerprint density at radius 3 is 2.23 bits per heavy atom. The smallest absolute Gasteiger partial charge is 0.0299 e. The summed E-state index contributed by atoms with van der Waals surface area (Å²) in [5.41, 5.74) is 5.83. The quantitative estimate of drug-likeness (QED) is 0.636. The summed E-state index contributed by atoms with van der Waals surface area (Å²) in [6.07, 6.45) is 0. The van der Waals surface area contributed by atoms with Crippen LogP contribution in [0.2, 0.25) is 0 Å². The predicted molar refractivity (Wildman–Crippen MR) is 58.9 cm³/mol. The van der Waals surface area contributed by atoms with E-state index in [1.54, 1.807) is 0 Å². The zero-order chi connectivity index (χ0) is 10.5. The lowest BCUT2D eigenvalue weighted by molar-refractivity contribution is 0.256. The van der Waals surface area contributed by atoms with Crippen LogP contribution in [0.5, 0.6) is 0 Å². The minimum Gasteiger partial charge on any atom is -0.329 e. The maximum absolute atomic E-state index is 5.75. The van der Waals surface area contributed by atoms with Crippen molar-refractivity contribution in [3.63, 3.8) is 0 Å². The first kappa shape index (κ1) is 12.9. The zero-order valence-corrected chi connectivity index (χ0v) is 9.72. The van der Waals surface area contributed by atoms with Crippen molar-refractivity contribution in [2.75, 3.05) is 33.7 Å². The van der Waals surface area contributed by atoms with Crippen molar-refractivity contribution in [1.29, 1.82) is 0 Å². The van der Waals surface area contributed by atoms with Crippen LogP contribution in [0.4, 0.5) is 0 Å². The number of rotatable bonds is 6. The molecule has 0 rings (SSSR count). The third-order valence-electron chi connectivity index (χ3n) is 2.79. The molecule has 0 aliphatic rings. The van der Waals surface area contributed by atoms with Gasteiger partial charge in [0.05, 0.1) is 0 Å². The Bertz CT molecular complexity index is 134. The van der Waals surface area contributed by atoms with Crippen LogP contribution < -0.4 is 11.1 Å². The molecule has 0 heterocycles. The first-order valence-electron chi connectivity index (χ1n) is 5.02. The van der Waals surface area contributed by atoms with Crippen LogP contribution in [0.15, 0.2) is 0 Å². The molecule has 0 bridgehead atoms. The highest BCUT2D eigenvalue weighted by Crippen LogP contribution is 2.13. The molecule has 3 nitrogen and oxygen atoms in total. The molecule has 0 aromatic heterocycles. The third-order valence-corrected chi connectivity index (χ3v) is 2.79. The van der Waals surface area contributed by atoms with Gasteiger partial charge >= 0.3 is 0 Å². The summed E-state index contributed by atoms with van der Waals surface area (Å²) in [5, 5.41) is 3.51. The standard InChI is InChI=1S/C10H25N3/c1-9(2)10(3,8-11)12-6-7-13(4)5/h9,12H,6-8,11H2,1-5H3. The minimum absolute atomic E-state index is 0.0794. The molecule has 0 saturated heterocycles. The summed E-state index contributed by atoms with van der Waals surface area (Å²) in [7, 11) is 4.16. The van der Waals surface area contributed by atoms with Gasteiger partial charge in [-0.15, -0.1) is 0 Å². The predicted octanol–water partition coefficient (Wildman–Crippen LogP) is 0.511. The number of nitrogens with one attached hydrogen (secondary N) is 1. The van der Waals surface area contributed by atoms with Crippen molar-refractivity contribution in [3.05, 3.63) is 0 Å². The number of hydrogen-bond donors (Lipinski definition) is 2. The monoisotopic (exact) mass is 187 g/mol. The second-order valence-electron chi connectivity index (χ2n) is 4.51. The molecule has 13 heavy (non-hydrogen) atoms. The van der Waals surface area contributed by atoms with Gasteiger partial charge < -0.3 is 16.0 Å². The Morgan fingerprint density at radius 2 is 1.92 bits per heavy atom. The molecule has 3 N–H and O–H groups in total. The van der Waals surface area contributed by atoms with Crippen LogP contribution in [0.3, 0.4) is 0 Å². The van der Waals surface area contributed by atoms with Crippen LogP contribution in [0.25, 0.3) is 0 Å². The zero-order valence-electron chi connectivity index (χ0n) is 9.72. The summed E-state index contributed by atoms with van der Waals surface area (Å²) in [6.45, 7) is 9.34. The Kier molecular flexibility index (Phi) is 5.53. The van der Waals surface area contributed by atoms with Crippen molar-refractivity contribution >= 4 is 0 Å². The van der Waals surface area contributed by atoms with Gasteiger partial charge in [-0.05, 0) is 26.9 Å². The van der Waals surface area contributed by atoms with Gasteiger partial charge in [-0.3, -0.25) is 0 Å². The van der Waals surface area contributed by atoms with E-state index in [2.05, 4.69) is 45.1 Å². The summed E-state index contributed by atoms with van der Waals surface area (Å²) >= 11 is 0. The van der Waals surface area contributed by atoms with Crippen LogP contribution >= 0.6 is 0 Å². The molecule has 80 valence electrons. The van der Waals surface area contributed by atoms with E-state index in [1.807, 2.05) is 0 Å². The Hall–Kier alpha value is -0.120. The van der Waals surface area contributed by atoms with E-state index in [9.17, 15) is 0 Å². The maximum atomic E-state index is 5.75. The van der Waals surface area contributed by atoms with Gasteiger partial charge in [0.2, 0.25) is 0 Å². The lowest BCUT2D eigenvalue weighted by Gasteiger charge is -2.34. The lowest BCUT2D eigenvalue weighted by atomic mass is 9.88. The maximum Gasteiger partial charge on any atom is 0.0299 e. The summed E-state index contributed by atoms with van der Waals surface area (Å²) in [6, 6.07) is 0. The fourth-order valence-electron chi connectivity index (χ4n) is 1.08. The first-order valence-corrected chi connectivity index (χ1v) is 5.02. The molecule has 0 fully saturated rings. The molecule has 3 heteroatoms. The van der Waals surface area contributed by atoms with Gasteiger partial charge in [-0.25, -0.2) is 0 Å². The van der Waals surface area contributed by atoms with E-state index in [0.717, 1.165) is 13.1 Å². The van der Waals surface area contributed by atoms with Crippen molar-refractivity contribution in [2.45, 2.75) is 26.3 Å². The van der Waals surface area contributed by atoms with Gasteiger partial charge in [0, 0.05) is 25.2 Å². The average molecular weight is 187 g/mol. The van der Waals surface area contributed by atoms with Crippen LogP contribution in [-0.2, 0) is 0 Å². The highest BCUT2D eigenvalue weighted by atomic mass is 15.1. The second kappa shape index (κ2) is 5.58. The van der Waals surface area contributed by atoms with Crippen LogP contribution in [-0.4, -0.2) is 44.2 Å². The van der Waals surface area contributed by atoms with Gasteiger partial charge in [-0.1, -0.05) is 13.8 Å². The topological polar surface area (TPSA) is 41.3 Å². The van der Waals surface area contributed by atoms with Crippen molar-refractivity contribution in [3.8, 4) is 0 Å². The summed E-state index contributed by atoms with van der Waals surface area (Å²) in [5.74, 6) is 0.569. The highest BCUT2D eigenvalue weighted by molar-refractivity contribution is 4.87. The molecular weight excluding hydrogens is 162 g/mol. The Labute approximate surface area is 82.7 Å². The molecule has 1 atom stereocenters. The van der Waals surface area contributed by atoms with E-state index in [0.29, 0.717) is 12.5 Å². The molecule has 0 spiro atoms. The van der Waals surface area contributed by atoms with E-state index >= 15 is 0 Å². The molecule has 0 saturated carbocycles. The molecule has 0 aromatic rings. The molecule has 0 radical (unpaired) electrons. The average Bonchev–Trinajstić information content (AvgIpc) is 2.03. The second-order valence-corrected chi connectivity index (χ2v) is 4.51. The van der Waals surface area contributed by atoms with Crippen molar-refractivity contribution < 1.29 is 0 Å². The molecule has 0 amide bonds. The summed E-state index contributed by atoms with van der Waals surface area (Å²) in [4.78, 5) is 2.17. The molecule has 0 aliphatic carbocycles. The van der Waals surface area contributed by atoms with E-state index in [1.165, 1.54) is 0 Å². The van der Waals surface area contributed by atoms with Gasteiger partial charge in [-0.2, -0.15) is 0 Å². The minimum atomic E-state index is 0.0794. The third kappa shape index (κ3) is 4.60. The van der Waals surface area contributed by atoms with E-state index < -0.39 is 0 Å². The van der Waals surface area contributed by atoms with Gasteiger partial charge in [0.15, 0.2) is 0 Å². The molecule has 0 aromatic carbocycles. The van der Waals surface area contributed by atoms with Crippen molar-refractivity contribution in [2.24, 2.45) is 11.7 Å².